The summed E-state index contributed by atoms with van der Waals surface area (Å²) in [7, 11) is 0. The fourth-order valence-corrected chi connectivity index (χ4v) is 1.55. The third-order valence-corrected chi connectivity index (χ3v) is 4.16. The van der Waals surface area contributed by atoms with E-state index in [1.54, 1.807) is 0 Å². The molecule has 0 spiro atoms. The van der Waals surface area contributed by atoms with E-state index in [1.807, 2.05) is 34.6 Å². The number of rotatable bonds is 7. The van der Waals surface area contributed by atoms with Gasteiger partial charge < -0.3 is 4.74 Å². The second-order valence-corrected chi connectivity index (χ2v) is 7.10. The fourth-order valence-electron chi connectivity index (χ4n) is 1.55. The molecule has 0 aromatic heterocycles. The van der Waals surface area contributed by atoms with E-state index in [1.165, 1.54) is 6.42 Å². The zero-order chi connectivity index (χ0) is 14.6. The van der Waals surface area contributed by atoms with Crippen LogP contribution in [-0.4, -0.2) is 11.6 Å². The third-order valence-electron chi connectivity index (χ3n) is 4.16. The van der Waals surface area contributed by atoms with Gasteiger partial charge in [-0.15, -0.1) is 0 Å². The zero-order valence-electron chi connectivity index (χ0n) is 13.6. The Morgan fingerprint density at radius 3 is 1.94 bits per heavy atom. The lowest BCUT2D eigenvalue weighted by molar-refractivity contribution is -0.172. The largest absolute Gasteiger partial charge is 0.459 e. The van der Waals surface area contributed by atoms with Crippen molar-refractivity contribution in [1.29, 1.82) is 0 Å². The monoisotopic (exact) mass is 256 g/mol. The van der Waals surface area contributed by atoms with Crippen molar-refractivity contribution in [3.63, 3.8) is 0 Å². The molecule has 0 amide bonds. The summed E-state index contributed by atoms with van der Waals surface area (Å²) in [5.74, 6) is 1.01. The molecule has 0 aliphatic rings. The average molecular weight is 256 g/mol. The number of carbonyl (C=O) groups is 1. The van der Waals surface area contributed by atoms with Gasteiger partial charge in [-0.25, -0.2) is 0 Å². The van der Waals surface area contributed by atoms with E-state index in [9.17, 15) is 4.79 Å². The van der Waals surface area contributed by atoms with Gasteiger partial charge in [-0.05, 0) is 52.4 Å². The molecular weight excluding hydrogens is 224 g/mol. The summed E-state index contributed by atoms with van der Waals surface area (Å²) < 4.78 is 5.75. The van der Waals surface area contributed by atoms with Crippen LogP contribution in [0.2, 0.25) is 0 Å². The maximum atomic E-state index is 12.1. The number of hydrogen-bond acceptors (Lipinski definition) is 2. The normalized spacial score (nSPS) is 14.7. The molecule has 0 aliphatic carbocycles. The van der Waals surface area contributed by atoms with E-state index in [0.29, 0.717) is 11.8 Å². The smallest absolute Gasteiger partial charge is 0.312 e. The molecule has 1 atom stereocenters. The highest BCUT2D eigenvalue weighted by molar-refractivity contribution is 5.76. The van der Waals surface area contributed by atoms with Crippen molar-refractivity contribution in [3.8, 4) is 0 Å². The minimum absolute atomic E-state index is 0.0774. The molecular formula is C16H32O2. The summed E-state index contributed by atoms with van der Waals surface area (Å²) in [5, 5.41) is 0. The van der Waals surface area contributed by atoms with Gasteiger partial charge in [0, 0.05) is 0 Å². The highest BCUT2D eigenvalue weighted by atomic mass is 16.6. The number of carbonyl (C=O) groups excluding carboxylic acids is 1. The number of ether oxygens (including phenoxy) is 1. The average Bonchev–Trinajstić information content (AvgIpc) is 2.24. The summed E-state index contributed by atoms with van der Waals surface area (Å²) in [4.78, 5) is 12.1. The maximum Gasteiger partial charge on any atom is 0.312 e. The Labute approximate surface area is 113 Å². The molecule has 0 bridgehead atoms. The van der Waals surface area contributed by atoms with Gasteiger partial charge in [0.2, 0.25) is 0 Å². The van der Waals surface area contributed by atoms with Gasteiger partial charge in [0.05, 0.1) is 5.41 Å². The van der Waals surface area contributed by atoms with Crippen molar-refractivity contribution in [3.05, 3.63) is 0 Å². The maximum absolute atomic E-state index is 12.1. The van der Waals surface area contributed by atoms with Crippen LogP contribution in [0.4, 0.5) is 0 Å². The van der Waals surface area contributed by atoms with Crippen LogP contribution in [0.5, 0.6) is 0 Å². The third kappa shape index (κ3) is 5.41. The molecule has 108 valence electrons. The molecule has 0 heterocycles. The van der Waals surface area contributed by atoms with E-state index in [-0.39, 0.29) is 17.0 Å². The number of esters is 1. The number of hydrogen-bond donors (Lipinski definition) is 0. The Kier molecular flexibility index (Phi) is 6.39. The van der Waals surface area contributed by atoms with Crippen molar-refractivity contribution in [1.82, 2.24) is 0 Å². The molecule has 0 aromatic rings. The predicted molar refractivity (Wildman–Crippen MR) is 77.5 cm³/mol. The van der Waals surface area contributed by atoms with E-state index in [0.717, 1.165) is 12.8 Å². The molecule has 1 unspecified atom stereocenters. The lowest BCUT2D eigenvalue weighted by Crippen LogP contribution is -2.40. The minimum atomic E-state index is -0.380. The van der Waals surface area contributed by atoms with Gasteiger partial charge in [-0.2, -0.15) is 0 Å². The van der Waals surface area contributed by atoms with Crippen LogP contribution in [-0.2, 0) is 9.53 Å². The summed E-state index contributed by atoms with van der Waals surface area (Å²) in [6.07, 6.45) is 3.09. The Morgan fingerprint density at radius 2 is 1.56 bits per heavy atom. The van der Waals surface area contributed by atoms with Crippen LogP contribution in [0.25, 0.3) is 0 Å². The molecule has 0 radical (unpaired) electrons. The molecule has 0 saturated heterocycles. The molecule has 2 heteroatoms. The molecule has 0 rings (SSSR count). The highest BCUT2D eigenvalue weighted by Crippen LogP contribution is 2.31. The SMILES string of the molecule is CCC(C)(C)C(=O)OC(C)(C)C(C)CCC(C)C. The summed E-state index contributed by atoms with van der Waals surface area (Å²) in [6.45, 7) is 16.6. The van der Waals surface area contributed by atoms with Crippen LogP contribution in [0, 0.1) is 17.3 Å². The summed E-state index contributed by atoms with van der Waals surface area (Å²) in [5.41, 5.74) is -0.756. The second kappa shape index (κ2) is 6.58. The first-order chi connectivity index (χ1) is 8.03. The molecule has 18 heavy (non-hydrogen) atoms. The van der Waals surface area contributed by atoms with Gasteiger partial charge >= 0.3 is 5.97 Å². The Balaban J connectivity index is 4.50. The first-order valence-corrected chi connectivity index (χ1v) is 7.26. The molecule has 2 nitrogen and oxygen atoms in total. The first kappa shape index (κ1) is 17.5. The minimum Gasteiger partial charge on any atom is -0.459 e. The lowest BCUT2D eigenvalue weighted by Gasteiger charge is -2.35. The predicted octanol–water partition coefficient (Wildman–Crippen LogP) is 4.82. The van der Waals surface area contributed by atoms with E-state index >= 15 is 0 Å². The van der Waals surface area contributed by atoms with E-state index in [4.69, 9.17) is 4.74 Å². The molecule has 0 fully saturated rings. The Morgan fingerprint density at radius 1 is 1.06 bits per heavy atom. The zero-order valence-corrected chi connectivity index (χ0v) is 13.6. The molecule has 0 aromatic carbocycles. The van der Waals surface area contributed by atoms with Crippen molar-refractivity contribution in [2.75, 3.05) is 0 Å². The van der Waals surface area contributed by atoms with Gasteiger partial charge in [0.25, 0.3) is 0 Å². The van der Waals surface area contributed by atoms with Gasteiger partial charge in [-0.3, -0.25) is 4.79 Å². The highest BCUT2D eigenvalue weighted by Gasteiger charge is 2.35. The van der Waals surface area contributed by atoms with Crippen molar-refractivity contribution < 1.29 is 9.53 Å². The van der Waals surface area contributed by atoms with Crippen molar-refractivity contribution >= 4 is 5.97 Å². The second-order valence-electron chi connectivity index (χ2n) is 7.10. The van der Waals surface area contributed by atoms with Gasteiger partial charge in [0.1, 0.15) is 5.60 Å². The fraction of sp³-hybridized carbons (Fsp3) is 0.938. The van der Waals surface area contributed by atoms with Gasteiger partial charge in [-0.1, -0.05) is 34.1 Å². The Hall–Kier alpha value is -0.530. The van der Waals surface area contributed by atoms with Crippen LogP contribution in [0.1, 0.15) is 74.7 Å². The van der Waals surface area contributed by atoms with Crippen molar-refractivity contribution in [2.45, 2.75) is 80.3 Å². The summed E-state index contributed by atoms with van der Waals surface area (Å²) in [6, 6.07) is 0. The van der Waals surface area contributed by atoms with Crippen LogP contribution >= 0.6 is 0 Å². The van der Waals surface area contributed by atoms with Crippen LogP contribution in [0.15, 0.2) is 0 Å². The summed E-state index contributed by atoms with van der Waals surface area (Å²) >= 11 is 0. The van der Waals surface area contributed by atoms with E-state index in [2.05, 4.69) is 20.8 Å². The Bertz CT molecular complexity index is 264. The first-order valence-electron chi connectivity index (χ1n) is 7.26. The van der Waals surface area contributed by atoms with Crippen LogP contribution in [0.3, 0.4) is 0 Å². The topological polar surface area (TPSA) is 26.3 Å². The molecule has 0 saturated carbocycles. The quantitative estimate of drug-likeness (QED) is 0.611. The standard InChI is InChI=1S/C16H32O2/c1-9-15(5,6)14(17)18-16(7,8)13(4)11-10-12(2)3/h12-13H,9-11H2,1-8H3. The van der Waals surface area contributed by atoms with Crippen LogP contribution < -0.4 is 0 Å². The molecule has 0 aliphatic heterocycles. The van der Waals surface area contributed by atoms with E-state index < -0.39 is 0 Å². The van der Waals surface area contributed by atoms with Crippen molar-refractivity contribution in [2.24, 2.45) is 17.3 Å². The van der Waals surface area contributed by atoms with Gasteiger partial charge in [0.15, 0.2) is 0 Å². The lowest BCUT2D eigenvalue weighted by atomic mass is 9.85. The molecule has 0 N–H and O–H groups in total.